The van der Waals surface area contributed by atoms with E-state index >= 15 is 0 Å². The average molecular weight is 553 g/mol. The first-order valence-electron chi connectivity index (χ1n) is 12.8. The molecule has 1 heterocycles. The molecule has 2 aromatic carbocycles. The van der Waals surface area contributed by atoms with Gasteiger partial charge in [0, 0.05) is 31.2 Å². The minimum absolute atomic E-state index is 0.119. The normalized spacial score (nSPS) is 18.6. The second kappa shape index (κ2) is 12.2. The number of non-ortho nitro benzene ring substituents is 1. The number of ether oxygens (including phenoxy) is 4. The van der Waals surface area contributed by atoms with Gasteiger partial charge in [0.25, 0.3) is 5.69 Å². The maximum atomic E-state index is 12.6. The zero-order valence-corrected chi connectivity index (χ0v) is 22.7. The number of benzene rings is 2. The highest BCUT2D eigenvalue weighted by molar-refractivity contribution is 5.83. The lowest BCUT2D eigenvalue weighted by atomic mass is 10.0. The van der Waals surface area contributed by atoms with E-state index < -0.39 is 34.9 Å². The molecule has 3 atom stereocenters. The number of nitro groups is 1. The molecular formula is C28H32N4O8. The minimum Gasteiger partial charge on any atom is -0.444 e. The summed E-state index contributed by atoms with van der Waals surface area (Å²) < 4.78 is 23.4. The molecule has 12 heteroatoms. The Hall–Kier alpha value is -4.45. The molecule has 0 radical (unpaired) electrons. The number of rotatable bonds is 8. The summed E-state index contributed by atoms with van der Waals surface area (Å²) in [5, 5.41) is 18.4. The molecule has 1 aliphatic carbocycles. The molecule has 1 aromatic heterocycles. The monoisotopic (exact) mass is 552 g/mol. The summed E-state index contributed by atoms with van der Waals surface area (Å²) in [5.41, 5.74) is 1.03. The lowest BCUT2D eigenvalue weighted by Crippen LogP contribution is -2.29. The van der Waals surface area contributed by atoms with Crippen molar-refractivity contribution in [2.24, 2.45) is 0 Å². The van der Waals surface area contributed by atoms with Gasteiger partial charge >= 0.3 is 12.2 Å². The van der Waals surface area contributed by atoms with Crippen LogP contribution in [0.4, 0.5) is 21.1 Å². The molecule has 1 fully saturated rings. The van der Waals surface area contributed by atoms with E-state index in [4.69, 9.17) is 24.0 Å². The highest BCUT2D eigenvalue weighted by Crippen LogP contribution is 2.39. The van der Waals surface area contributed by atoms with Crippen molar-refractivity contribution in [3.63, 3.8) is 0 Å². The molecule has 4 rings (SSSR count). The van der Waals surface area contributed by atoms with E-state index in [1.54, 1.807) is 10.7 Å². The first-order chi connectivity index (χ1) is 19.0. The van der Waals surface area contributed by atoms with Crippen molar-refractivity contribution in [3.05, 3.63) is 82.0 Å². The molecule has 12 nitrogen and oxygen atoms in total. The fraction of sp³-hybridized carbons (Fsp3) is 0.393. The fourth-order valence-corrected chi connectivity index (χ4v) is 4.52. The zero-order chi connectivity index (χ0) is 28.9. The standard InChI is InChI=1S/C28H32N4O8/c1-28(2,3)31-25(29-26(33)38-17-18-8-6-5-7-9-18)16-22(30-31)19-14-23(37-4)24(15-19)40-27(34)39-21-12-10-20(11-13-21)32(35)36/h5-13,16,19,23-24H,14-15,17H2,1-4H3,(H,29,33)/t19-,23+,24-/m0/s1. The van der Waals surface area contributed by atoms with Gasteiger partial charge in [0.15, 0.2) is 0 Å². The van der Waals surface area contributed by atoms with Gasteiger partial charge < -0.3 is 18.9 Å². The number of carbonyl (C=O) groups excluding carboxylic acids is 2. The molecule has 0 saturated heterocycles. The van der Waals surface area contributed by atoms with Crippen LogP contribution in [0.3, 0.4) is 0 Å². The number of nitro benzene ring substituents is 1. The van der Waals surface area contributed by atoms with Crippen LogP contribution in [0.15, 0.2) is 60.7 Å². The Morgan fingerprint density at radius 2 is 1.75 bits per heavy atom. The van der Waals surface area contributed by atoms with Crippen LogP contribution < -0.4 is 10.1 Å². The van der Waals surface area contributed by atoms with Gasteiger partial charge in [-0.2, -0.15) is 5.10 Å². The van der Waals surface area contributed by atoms with Gasteiger partial charge in [-0.25, -0.2) is 14.3 Å². The molecule has 3 aromatic rings. The predicted octanol–water partition coefficient (Wildman–Crippen LogP) is 5.77. The SMILES string of the molecule is CO[C@@H]1C[C@H](c2cc(NC(=O)OCc3ccccc3)n(C(C)(C)C)n2)C[C@@H]1OC(=O)Oc1ccc([N+](=O)[O-])cc1. The van der Waals surface area contributed by atoms with E-state index in [0.717, 1.165) is 5.56 Å². The molecule has 0 unspecified atom stereocenters. The summed E-state index contributed by atoms with van der Waals surface area (Å²) in [6, 6.07) is 16.3. The highest BCUT2D eigenvalue weighted by Gasteiger charge is 2.40. The number of hydrogen-bond acceptors (Lipinski definition) is 9. The van der Waals surface area contributed by atoms with Gasteiger partial charge in [0.05, 0.1) is 22.3 Å². The second-order valence-electron chi connectivity index (χ2n) is 10.4. The van der Waals surface area contributed by atoms with Crippen LogP contribution in [-0.4, -0.2) is 46.3 Å². The Labute approximate surface area is 231 Å². The third-order valence-corrected chi connectivity index (χ3v) is 6.47. The van der Waals surface area contributed by atoms with Gasteiger partial charge in [-0.05, 0) is 51.3 Å². The van der Waals surface area contributed by atoms with Crippen LogP contribution in [0.5, 0.6) is 5.75 Å². The largest absolute Gasteiger partial charge is 0.514 e. The highest BCUT2D eigenvalue weighted by atomic mass is 16.7. The third-order valence-electron chi connectivity index (χ3n) is 6.47. The first kappa shape index (κ1) is 28.6. The van der Waals surface area contributed by atoms with Crippen molar-refractivity contribution in [1.29, 1.82) is 0 Å². The number of nitrogens with zero attached hydrogens (tertiary/aromatic N) is 3. The van der Waals surface area contributed by atoms with E-state index in [1.165, 1.54) is 31.4 Å². The molecule has 212 valence electrons. The summed E-state index contributed by atoms with van der Waals surface area (Å²) in [5.74, 6) is 0.487. The molecule has 0 spiro atoms. The topological polar surface area (TPSA) is 144 Å². The molecular weight excluding hydrogens is 520 g/mol. The molecule has 1 amide bonds. The summed E-state index contributed by atoms with van der Waals surface area (Å²) in [4.78, 5) is 35.3. The van der Waals surface area contributed by atoms with Crippen LogP contribution in [-0.2, 0) is 26.4 Å². The molecule has 40 heavy (non-hydrogen) atoms. The van der Waals surface area contributed by atoms with Crippen LogP contribution in [0.1, 0.15) is 50.8 Å². The summed E-state index contributed by atoms with van der Waals surface area (Å²) in [6.07, 6.45) is -1.59. The van der Waals surface area contributed by atoms with Gasteiger partial charge in [-0.1, -0.05) is 30.3 Å². The molecule has 1 N–H and O–H groups in total. The summed E-state index contributed by atoms with van der Waals surface area (Å²) >= 11 is 0. The lowest BCUT2D eigenvalue weighted by molar-refractivity contribution is -0.384. The van der Waals surface area contributed by atoms with E-state index in [9.17, 15) is 19.7 Å². The Bertz CT molecular complexity index is 1330. The zero-order valence-electron chi connectivity index (χ0n) is 22.7. The maximum absolute atomic E-state index is 12.6. The number of nitrogens with one attached hydrogen (secondary N) is 1. The van der Waals surface area contributed by atoms with Gasteiger partial charge in [-0.3, -0.25) is 15.4 Å². The molecule has 1 aliphatic rings. The van der Waals surface area contributed by atoms with Crippen LogP contribution in [0, 0.1) is 10.1 Å². The Balaban J connectivity index is 1.41. The smallest absolute Gasteiger partial charge is 0.444 e. The molecule has 0 bridgehead atoms. The average Bonchev–Trinajstić information content (AvgIpc) is 3.52. The van der Waals surface area contributed by atoms with Crippen molar-refractivity contribution in [2.45, 2.75) is 63.9 Å². The lowest BCUT2D eigenvalue weighted by Gasteiger charge is -2.22. The number of anilines is 1. The quantitative estimate of drug-likeness (QED) is 0.159. The van der Waals surface area contributed by atoms with Gasteiger partial charge in [0.1, 0.15) is 24.3 Å². The first-order valence-corrected chi connectivity index (χ1v) is 12.8. The Kier molecular flexibility index (Phi) is 8.68. The maximum Gasteiger partial charge on any atom is 0.514 e. The molecule has 1 saturated carbocycles. The summed E-state index contributed by atoms with van der Waals surface area (Å²) in [6.45, 7) is 6.04. The number of hydrogen-bond donors (Lipinski definition) is 1. The second-order valence-corrected chi connectivity index (χ2v) is 10.4. The number of carbonyl (C=O) groups is 2. The summed E-state index contributed by atoms with van der Waals surface area (Å²) in [7, 11) is 1.54. The third kappa shape index (κ3) is 7.14. The predicted molar refractivity (Wildman–Crippen MR) is 144 cm³/mol. The van der Waals surface area contributed by atoms with Crippen LogP contribution in [0.2, 0.25) is 0 Å². The van der Waals surface area contributed by atoms with Crippen molar-refractivity contribution >= 4 is 23.8 Å². The Morgan fingerprint density at radius 3 is 2.38 bits per heavy atom. The van der Waals surface area contributed by atoms with E-state index in [2.05, 4.69) is 5.32 Å². The molecule has 0 aliphatic heterocycles. The number of amides is 1. The van der Waals surface area contributed by atoms with Crippen molar-refractivity contribution in [2.75, 3.05) is 12.4 Å². The van der Waals surface area contributed by atoms with Gasteiger partial charge in [0.2, 0.25) is 0 Å². The van der Waals surface area contributed by atoms with Crippen molar-refractivity contribution < 1.29 is 33.5 Å². The fourth-order valence-electron chi connectivity index (χ4n) is 4.52. The number of aromatic nitrogens is 2. The van der Waals surface area contributed by atoms with E-state index in [1.807, 2.05) is 51.1 Å². The Morgan fingerprint density at radius 1 is 1.07 bits per heavy atom. The number of methoxy groups -OCH3 is 1. The van der Waals surface area contributed by atoms with Crippen LogP contribution >= 0.6 is 0 Å². The van der Waals surface area contributed by atoms with Gasteiger partial charge in [-0.15, -0.1) is 0 Å². The minimum atomic E-state index is -0.940. The van der Waals surface area contributed by atoms with E-state index in [-0.39, 0.29) is 24.0 Å². The van der Waals surface area contributed by atoms with Crippen molar-refractivity contribution in [3.8, 4) is 5.75 Å². The van der Waals surface area contributed by atoms with Crippen molar-refractivity contribution in [1.82, 2.24) is 9.78 Å². The van der Waals surface area contributed by atoms with Crippen LogP contribution in [0.25, 0.3) is 0 Å². The van der Waals surface area contributed by atoms with E-state index in [0.29, 0.717) is 24.4 Å².